The fourth-order valence-electron chi connectivity index (χ4n) is 3.89. The van der Waals surface area contributed by atoms with Crippen LogP contribution in [0.25, 0.3) is 0 Å². The molecule has 5 rings (SSSR count). The quantitative estimate of drug-likeness (QED) is 0.841. The molecule has 5 nitrogen and oxygen atoms in total. The van der Waals surface area contributed by atoms with E-state index in [0.717, 1.165) is 43.1 Å². The van der Waals surface area contributed by atoms with E-state index in [2.05, 4.69) is 19.8 Å². The van der Waals surface area contributed by atoms with Gasteiger partial charge in [0.25, 0.3) is 0 Å². The molecule has 2 unspecified atom stereocenters. The highest BCUT2D eigenvalue weighted by Crippen LogP contribution is 2.34. The summed E-state index contributed by atoms with van der Waals surface area (Å²) in [5, 5.41) is 0. The molecule has 6 heteroatoms. The SMILES string of the molecule is COc1ccncc1CN1CC2CC(C1)N2Cc1cncc(F)c1. The van der Waals surface area contributed by atoms with E-state index in [0.29, 0.717) is 12.1 Å². The zero-order valence-electron chi connectivity index (χ0n) is 13.7. The maximum Gasteiger partial charge on any atom is 0.141 e. The average molecular weight is 328 g/mol. The summed E-state index contributed by atoms with van der Waals surface area (Å²) in [6, 6.07) is 4.56. The third-order valence-corrected chi connectivity index (χ3v) is 5.02. The maximum absolute atomic E-state index is 13.3. The van der Waals surface area contributed by atoms with Gasteiger partial charge in [-0.25, -0.2) is 4.39 Å². The minimum Gasteiger partial charge on any atom is -0.496 e. The highest BCUT2D eigenvalue weighted by atomic mass is 19.1. The summed E-state index contributed by atoms with van der Waals surface area (Å²) >= 11 is 0. The molecule has 3 fully saturated rings. The number of aromatic nitrogens is 2. The van der Waals surface area contributed by atoms with Gasteiger partial charge in [-0.05, 0) is 24.1 Å². The van der Waals surface area contributed by atoms with E-state index in [1.54, 1.807) is 25.6 Å². The van der Waals surface area contributed by atoms with Crippen molar-refractivity contribution >= 4 is 0 Å². The normalized spacial score (nSPS) is 23.8. The van der Waals surface area contributed by atoms with Crippen molar-refractivity contribution < 1.29 is 9.13 Å². The molecule has 0 spiro atoms. The van der Waals surface area contributed by atoms with E-state index < -0.39 is 0 Å². The number of piperidine rings is 1. The number of nitrogens with zero attached hydrogens (tertiary/aromatic N) is 4. The first-order valence-electron chi connectivity index (χ1n) is 8.27. The molecule has 24 heavy (non-hydrogen) atoms. The Morgan fingerprint density at radius 3 is 2.75 bits per heavy atom. The Balaban J connectivity index is 1.38. The minimum atomic E-state index is -0.261. The van der Waals surface area contributed by atoms with Gasteiger partial charge in [0.05, 0.1) is 13.3 Å². The van der Waals surface area contributed by atoms with Crippen LogP contribution in [-0.4, -0.2) is 52.1 Å². The van der Waals surface area contributed by atoms with Crippen LogP contribution >= 0.6 is 0 Å². The molecule has 0 aliphatic carbocycles. The van der Waals surface area contributed by atoms with Gasteiger partial charge < -0.3 is 4.74 Å². The Morgan fingerprint density at radius 1 is 1.17 bits per heavy atom. The molecule has 126 valence electrons. The molecule has 0 N–H and O–H groups in total. The van der Waals surface area contributed by atoms with E-state index in [4.69, 9.17) is 4.74 Å². The van der Waals surface area contributed by atoms with Gasteiger partial charge in [-0.1, -0.05) is 0 Å². The number of pyridine rings is 2. The van der Waals surface area contributed by atoms with E-state index >= 15 is 0 Å². The fraction of sp³-hybridized carbons (Fsp3) is 0.444. The highest BCUT2D eigenvalue weighted by Gasteiger charge is 2.44. The Kier molecular flexibility index (Phi) is 4.16. The Labute approximate surface area is 141 Å². The number of halogens is 1. The van der Waals surface area contributed by atoms with E-state index in [1.807, 2.05) is 12.3 Å². The van der Waals surface area contributed by atoms with Crippen LogP contribution < -0.4 is 4.74 Å². The van der Waals surface area contributed by atoms with Crippen molar-refractivity contribution in [2.75, 3.05) is 20.2 Å². The average Bonchev–Trinajstić information content (AvgIpc) is 2.60. The lowest BCUT2D eigenvalue weighted by Crippen LogP contribution is -2.67. The molecule has 2 atom stereocenters. The summed E-state index contributed by atoms with van der Waals surface area (Å²) < 4.78 is 18.7. The first kappa shape index (κ1) is 15.5. The van der Waals surface area contributed by atoms with Crippen molar-refractivity contribution in [3.05, 3.63) is 53.9 Å². The number of piperazine rings is 1. The van der Waals surface area contributed by atoms with Gasteiger partial charge in [-0.15, -0.1) is 0 Å². The number of fused-ring (bicyclic) bond motifs is 2. The van der Waals surface area contributed by atoms with E-state index in [1.165, 1.54) is 12.6 Å². The molecule has 3 saturated heterocycles. The standard InChI is InChI=1S/C18H21FN4O/c1-24-18-2-3-20-7-14(18)10-22-11-16-5-17(12-22)23(16)9-13-4-15(19)8-21-6-13/h2-4,6-8,16-17H,5,9-12H2,1H3. The second-order valence-corrected chi connectivity index (χ2v) is 6.61. The van der Waals surface area contributed by atoms with Gasteiger partial charge in [0.2, 0.25) is 0 Å². The molecule has 0 radical (unpaired) electrons. The Morgan fingerprint density at radius 2 is 2.00 bits per heavy atom. The molecule has 2 aromatic heterocycles. The number of ether oxygens (including phenoxy) is 1. The maximum atomic E-state index is 13.3. The molecule has 0 aromatic carbocycles. The van der Waals surface area contributed by atoms with Crippen LogP contribution in [0.3, 0.4) is 0 Å². The minimum absolute atomic E-state index is 0.261. The van der Waals surface area contributed by atoms with Crippen molar-refractivity contribution in [3.63, 3.8) is 0 Å². The van der Waals surface area contributed by atoms with Gasteiger partial charge >= 0.3 is 0 Å². The third kappa shape index (κ3) is 2.99. The summed E-state index contributed by atoms with van der Waals surface area (Å²) in [5.41, 5.74) is 2.08. The zero-order chi connectivity index (χ0) is 16.5. The summed E-state index contributed by atoms with van der Waals surface area (Å²) in [5.74, 6) is 0.635. The van der Waals surface area contributed by atoms with Crippen LogP contribution in [0.2, 0.25) is 0 Å². The number of rotatable bonds is 5. The van der Waals surface area contributed by atoms with Crippen molar-refractivity contribution in [1.82, 2.24) is 19.8 Å². The van der Waals surface area contributed by atoms with Crippen molar-refractivity contribution in [3.8, 4) is 5.75 Å². The van der Waals surface area contributed by atoms with Crippen LogP contribution in [-0.2, 0) is 13.1 Å². The summed E-state index contributed by atoms with van der Waals surface area (Å²) in [7, 11) is 1.70. The molecule has 3 aliphatic rings. The molecule has 2 bridgehead atoms. The van der Waals surface area contributed by atoms with Crippen LogP contribution in [0, 0.1) is 5.82 Å². The Bertz CT molecular complexity index is 714. The van der Waals surface area contributed by atoms with Crippen LogP contribution in [0.4, 0.5) is 4.39 Å². The largest absolute Gasteiger partial charge is 0.496 e. The summed E-state index contributed by atoms with van der Waals surface area (Å²) in [6.45, 7) is 3.69. The highest BCUT2D eigenvalue weighted by molar-refractivity contribution is 5.30. The number of hydrogen-bond acceptors (Lipinski definition) is 5. The van der Waals surface area contributed by atoms with Crippen molar-refractivity contribution in [2.45, 2.75) is 31.6 Å². The molecule has 0 saturated carbocycles. The molecule has 3 aliphatic heterocycles. The predicted octanol–water partition coefficient (Wildman–Crippen LogP) is 2.08. The van der Waals surface area contributed by atoms with Crippen LogP contribution in [0.1, 0.15) is 17.5 Å². The van der Waals surface area contributed by atoms with Crippen molar-refractivity contribution in [1.29, 1.82) is 0 Å². The van der Waals surface area contributed by atoms with E-state index in [-0.39, 0.29) is 5.82 Å². The topological polar surface area (TPSA) is 41.5 Å². The monoisotopic (exact) mass is 328 g/mol. The first-order valence-corrected chi connectivity index (χ1v) is 8.27. The first-order chi connectivity index (χ1) is 11.7. The molecular formula is C18H21FN4O. The second-order valence-electron chi connectivity index (χ2n) is 6.61. The zero-order valence-corrected chi connectivity index (χ0v) is 13.7. The molecule has 0 amide bonds. The number of hydrogen-bond donors (Lipinski definition) is 0. The van der Waals surface area contributed by atoms with Crippen LogP contribution in [0.5, 0.6) is 5.75 Å². The van der Waals surface area contributed by atoms with Gasteiger partial charge in [0.15, 0.2) is 0 Å². The summed E-state index contributed by atoms with van der Waals surface area (Å²) in [4.78, 5) is 13.1. The van der Waals surface area contributed by atoms with Gasteiger partial charge in [-0.2, -0.15) is 0 Å². The van der Waals surface area contributed by atoms with Gasteiger partial charge in [0, 0.05) is 62.4 Å². The lowest BCUT2D eigenvalue weighted by molar-refractivity contribution is -0.0776. The smallest absolute Gasteiger partial charge is 0.141 e. The fourth-order valence-corrected chi connectivity index (χ4v) is 3.89. The summed E-state index contributed by atoms with van der Waals surface area (Å²) in [6.07, 6.45) is 7.88. The predicted molar refractivity (Wildman–Crippen MR) is 88.0 cm³/mol. The third-order valence-electron chi connectivity index (χ3n) is 5.02. The lowest BCUT2D eigenvalue weighted by Gasteiger charge is -2.56. The van der Waals surface area contributed by atoms with Gasteiger partial charge in [-0.3, -0.25) is 19.8 Å². The Hall–Kier alpha value is -2.05. The molecule has 2 aromatic rings. The van der Waals surface area contributed by atoms with E-state index in [9.17, 15) is 4.39 Å². The second kappa shape index (κ2) is 6.45. The lowest BCUT2D eigenvalue weighted by atomic mass is 9.86. The van der Waals surface area contributed by atoms with Gasteiger partial charge in [0.1, 0.15) is 11.6 Å². The van der Waals surface area contributed by atoms with Crippen molar-refractivity contribution in [2.24, 2.45) is 0 Å². The molecular weight excluding hydrogens is 307 g/mol. The van der Waals surface area contributed by atoms with Crippen LogP contribution in [0.15, 0.2) is 36.9 Å². The molecule has 5 heterocycles. The number of methoxy groups -OCH3 is 1.